The first kappa shape index (κ1) is 15.5. The average molecular weight is 353 g/mol. The summed E-state index contributed by atoms with van der Waals surface area (Å²) in [6, 6.07) is 1.87. The van der Waals surface area contributed by atoms with Crippen LogP contribution in [0.2, 0.25) is 0 Å². The Morgan fingerprint density at radius 1 is 1.15 bits per heavy atom. The highest BCUT2D eigenvalue weighted by atomic mass is 16.5. The van der Waals surface area contributed by atoms with Gasteiger partial charge >= 0.3 is 0 Å². The summed E-state index contributed by atoms with van der Waals surface area (Å²) in [5, 5.41) is 11.6. The number of carbonyl (C=O) groups excluding carboxylic acids is 1. The van der Waals surface area contributed by atoms with Gasteiger partial charge in [-0.3, -0.25) is 4.79 Å². The Balaban J connectivity index is 1.31. The van der Waals surface area contributed by atoms with Crippen molar-refractivity contribution in [2.75, 3.05) is 6.54 Å². The van der Waals surface area contributed by atoms with Crippen molar-refractivity contribution in [3.8, 4) is 0 Å². The van der Waals surface area contributed by atoms with Crippen LogP contribution in [-0.2, 0) is 6.42 Å². The molecule has 0 saturated heterocycles. The maximum Gasteiger partial charge on any atom is 0.259 e. The van der Waals surface area contributed by atoms with E-state index >= 15 is 0 Å². The van der Waals surface area contributed by atoms with Crippen LogP contribution in [0.3, 0.4) is 0 Å². The molecule has 0 radical (unpaired) electrons. The Kier molecular flexibility index (Phi) is 3.51. The molecule has 26 heavy (non-hydrogen) atoms. The lowest BCUT2D eigenvalue weighted by molar-refractivity contribution is 0.0955. The molecule has 1 N–H and O–H groups in total. The summed E-state index contributed by atoms with van der Waals surface area (Å²) in [6.45, 7) is 2.26. The number of aryl methyl sites for hydroxylation is 1. The molecule has 2 fully saturated rings. The average Bonchev–Trinajstić information content (AvgIpc) is 3.57. The molecule has 0 spiro atoms. The molecule has 134 valence electrons. The van der Waals surface area contributed by atoms with E-state index in [9.17, 15) is 4.79 Å². The SMILES string of the molecule is Cc1noc2nc(C3CC3)cc(C(=O)NCCc3noc(C4CC4)n3)c12. The van der Waals surface area contributed by atoms with Gasteiger partial charge in [-0.15, -0.1) is 0 Å². The molecule has 3 heterocycles. The third-order valence-corrected chi connectivity index (χ3v) is 4.92. The minimum Gasteiger partial charge on any atom is -0.352 e. The molecule has 2 aliphatic rings. The Morgan fingerprint density at radius 3 is 2.73 bits per heavy atom. The van der Waals surface area contributed by atoms with Crippen LogP contribution < -0.4 is 5.32 Å². The van der Waals surface area contributed by atoms with Crippen LogP contribution in [0.15, 0.2) is 15.1 Å². The Morgan fingerprint density at radius 2 is 1.96 bits per heavy atom. The highest BCUT2D eigenvalue weighted by Crippen LogP contribution is 2.40. The molecule has 5 rings (SSSR count). The van der Waals surface area contributed by atoms with Gasteiger partial charge in [0, 0.05) is 30.5 Å². The van der Waals surface area contributed by atoms with Crippen molar-refractivity contribution in [3.63, 3.8) is 0 Å². The number of rotatable bonds is 6. The van der Waals surface area contributed by atoms with Crippen LogP contribution in [0.4, 0.5) is 0 Å². The van der Waals surface area contributed by atoms with E-state index in [1.54, 1.807) is 0 Å². The first-order chi connectivity index (χ1) is 12.7. The third kappa shape index (κ3) is 2.85. The molecule has 3 aromatic heterocycles. The lowest BCUT2D eigenvalue weighted by Gasteiger charge is -2.07. The molecule has 8 heteroatoms. The molecule has 0 unspecified atom stereocenters. The fourth-order valence-electron chi connectivity index (χ4n) is 3.13. The van der Waals surface area contributed by atoms with Crippen LogP contribution in [-0.4, -0.2) is 32.7 Å². The fraction of sp³-hybridized carbons (Fsp3) is 0.500. The van der Waals surface area contributed by atoms with Gasteiger partial charge in [-0.1, -0.05) is 10.3 Å². The monoisotopic (exact) mass is 353 g/mol. The van der Waals surface area contributed by atoms with Crippen LogP contribution >= 0.6 is 0 Å². The highest BCUT2D eigenvalue weighted by molar-refractivity contribution is 6.06. The van der Waals surface area contributed by atoms with Gasteiger partial charge < -0.3 is 14.4 Å². The lowest BCUT2D eigenvalue weighted by Crippen LogP contribution is -2.26. The number of carbonyl (C=O) groups is 1. The van der Waals surface area contributed by atoms with Gasteiger partial charge in [0.05, 0.1) is 16.6 Å². The lowest BCUT2D eigenvalue weighted by atomic mass is 10.1. The largest absolute Gasteiger partial charge is 0.352 e. The number of fused-ring (bicyclic) bond motifs is 1. The first-order valence-electron chi connectivity index (χ1n) is 9.06. The van der Waals surface area contributed by atoms with E-state index < -0.39 is 0 Å². The summed E-state index contributed by atoms with van der Waals surface area (Å²) in [4.78, 5) is 21.6. The minimum absolute atomic E-state index is 0.156. The minimum atomic E-state index is -0.156. The van der Waals surface area contributed by atoms with Crippen molar-refractivity contribution in [2.24, 2.45) is 0 Å². The van der Waals surface area contributed by atoms with Crippen molar-refractivity contribution in [3.05, 3.63) is 34.7 Å². The zero-order valence-corrected chi connectivity index (χ0v) is 14.5. The maximum atomic E-state index is 12.7. The van der Waals surface area contributed by atoms with Crippen molar-refractivity contribution in [1.82, 2.24) is 25.6 Å². The van der Waals surface area contributed by atoms with Crippen LogP contribution in [0.1, 0.15) is 71.0 Å². The van der Waals surface area contributed by atoms with Gasteiger partial charge in [0.2, 0.25) is 5.89 Å². The summed E-state index contributed by atoms with van der Waals surface area (Å²) in [5.41, 5.74) is 2.59. The zero-order chi connectivity index (χ0) is 17.7. The van der Waals surface area contributed by atoms with Crippen molar-refractivity contribution < 1.29 is 13.8 Å². The van der Waals surface area contributed by atoms with E-state index in [0.717, 1.165) is 37.3 Å². The number of nitrogens with zero attached hydrogens (tertiary/aromatic N) is 4. The van der Waals surface area contributed by atoms with E-state index in [2.05, 4.69) is 25.6 Å². The van der Waals surface area contributed by atoms with Crippen LogP contribution in [0.25, 0.3) is 11.1 Å². The number of pyridine rings is 1. The zero-order valence-electron chi connectivity index (χ0n) is 14.5. The number of hydrogen-bond donors (Lipinski definition) is 1. The molecule has 0 bridgehead atoms. The highest BCUT2D eigenvalue weighted by Gasteiger charge is 2.30. The van der Waals surface area contributed by atoms with Crippen molar-refractivity contribution in [1.29, 1.82) is 0 Å². The normalized spacial score (nSPS) is 17.0. The predicted molar refractivity (Wildman–Crippen MR) is 90.8 cm³/mol. The van der Waals surface area contributed by atoms with E-state index in [1.807, 2.05) is 13.0 Å². The van der Waals surface area contributed by atoms with Gasteiger partial charge in [-0.2, -0.15) is 4.98 Å². The molecule has 0 atom stereocenters. The van der Waals surface area contributed by atoms with E-state index in [0.29, 0.717) is 53.0 Å². The fourth-order valence-corrected chi connectivity index (χ4v) is 3.13. The summed E-state index contributed by atoms with van der Waals surface area (Å²) >= 11 is 0. The van der Waals surface area contributed by atoms with Gasteiger partial charge in [0.1, 0.15) is 0 Å². The third-order valence-electron chi connectivity index (χ3n) is 4.92. The number of aromatic nitrogens is 4. The van der Waals surface area contributed by atoms with E-state index in [-0.39, 0.29) is 5.91 Å². The molecule has 8 nitrogen and oxygen atoms in total. The van der Waals surface area contributed by atoms with Crippen molar-refractivity contribution >= 4 is 17.0 Å². The number of hydrogen-bond acceptors (Lipinski definition) is 7. The van der Waals surface area contributed by atoms with Gasteiger partial charge in [0.25, 0.3) is 11.6 Å². The van der Waals surface area contributed by atoms with Crippen LogP contribution in [0, 0.1) is 6.92 Å². The Hall–Kier alpha value is -2.77. The quantitative estimate of drug-likeness (QED) is 0.726. The molecular formula is C18H19N5O3. The first-order valence-corrected chi connectivity index (χ1v) is 9.06. The molecule has 2 aliphatic carbocycles. The summed E-state index contributed by atoms with van der Waals surface area (Å²) in [5.74, 6) is 2.06. The smallest absolute Gasteiger partial charge is 0.259 e. The van der Waals surface area contributed by atoms with Crippen molar-refractivity contribution in [2.45, 2.75) is 50.9 Å². The topological polar surface area (TPSA) is 107 Å². The van der Waals surface area contributed by atoms with Gasteiger partial charge in [-0.05, 0) is 38.7 Å². The van der Waals surface area contributed by atoms with E-state index in [1.165, 1.54) is 0 Å². The predicted octanol–water partition coefficient (Wildman–Crippen LogP) is 2.64. The van der Waals surface area contributed by atoms with Crippen LogP contribution in [0.5, 0.6) is 0 Å². The summed E-state index contributed by atoms with van der Waals surface area (Å²) in [7, 11) is 0. The molecule has 0 aliphatic heterocycles. The molecular weight excluding hydrogens is 334 g/mol. The second-order valence-electron chi connectivity index (χ2n) is 7.15. The summed E-state index contributed by atoms with van der Waals surface area (Å²) in [6.07, 6.45) is 4.99. The molecule has 3 aromatic rings. The molecule has 1 amide bonds. The molecule has 2 saturated carbocycles. The number of amides is 1. The second kappa shape index (κ2) is 5.89. The summed E-state index contributed by atoms with van der Waals surface area (Å²) < 4.78 is 10.5. The van der Waals surface area contributed by atoms with Gasteiger partial charge in [-0.25, -0.2) is 4.98 Å². The van der Waals surface area contributed by atoms with Gasteiger partial charge in [0.15, 0.2) is 5.82 Å². The Labute approximate surface area is 149 Å². The standard InChI is InChI=1S/C18H19N5O3/c1-9-15-12(8-13(10-2-3-10)20-18(15)26-22-9)16(24)19-7-6-14-21-17(25-23-14)11-4-5-11/h8,10-11H,2-7H2,1H3,(H,19,24). The molecule has 0 aromatic carbocycles. The van der Waals surface area contributed by atoms with E-state index in [4.69, 9.17) is 9.05 Å². The Bertz CT molecular complexity index is 984. The maximum absolute atomic E-state index is 12.7. The number of nitrogens with one attached hydrogen (secondary N) is 1. The second-order valence-corrected chi connectivity index (χ2v) is 7.15.